The molecule has 6 nitrogen and oxygen atoms in total. The summed E-state index contributed by atoms with van der Waals surface area (Å²) in [5.41, 5.74) is 1.78. The van der Waals surface area contributed by atoms with E-state index in [2.05, 4.69) is 19.9 Å². The fourth-order valence-corrected chi connectivity index (χ4v) is 6.38. The van der Waals surface area contributed by atoms with Crippen molar-refractivity contribution in [1.82, 2.24) is 4.90 Å². The number of furan rings is 1. The summed E-state index contributed by atoms with van der Waals surface area (Å²) < 4.78 is 11.2. The molecular weight excluding hydrogens is 380 g/mol. The van der Waals surface area contributed by atoms with Crippen LogP contribution in [0.1, 0.15) is 50.1 Å². The van der Waals surface area contributed by atoms with Gasteiger partial charge in [-0.1, -0.05) is 31.9 Å². The minimum Gasteiger partial charge on any atom is -0.461 e. The minimum absolute atomic E-state index is 0.0154. The standard InChI is InChI=1S/C24H32N2O4/c1-16-5-3-7-24(2)14-21-17(13-19(16)24)18(23(28)30-21)15-25-8-10-26(11-9-25)22(27)20-6-4-12-29-20/h4,6,12-13,16-18,21H,3,5,7-11,14-15H2,1-2H3/p+1/t16-,17+,18-,21+,24+/m0/s1. The fourth-order valence-electron chi connectivity index (χ4n) is 6.38. The zero-order valence-corrected chi connectivity index (χ0v) is 18.1. The molecule has 0 unspecified atom stereocenters. The Morgan fingerprint density at radius 1 is 1.33 bits per heavy atom. The second-order valence-electron chi connectivity index (χ2n) is 10.1. The van der Waals surface area contributed by atoms with Crippen LogP contribution in [0.5, 0.6) is 0 Å². The van der Waals surface area contributed by atoms with Gasteiger partial charge in [0.1, 0.15) is 12.0 Å². The summed E-state index contributed by atoms with van der Waals surface area (Å²) in [6.45, 7) is 8.62. The van der Waals surface area contributed by atoms with Crippen LogP contribution in [0, 0.1) is 23.2 Å². The molecule has 1 aromatic heterocycles. The molecule has 4 aliphatic rings. The number of piperazine rings is 1. The summed E-state index contributed by atoms with van der Waals surface area (Å²) in [7, 11) is 0. The first-order valence-electron chi connectivity index (χ1n) is 11.5. The number of fused-ring (bicyclic) bond motifs is 2. The van der Waals surface area contributed by atoms with Crippen molar-refractivity contribution in [2.24, 2.45) is 23.2 Å². The van der Waals surface area contributed by atoms with Crippen LogP contribution in [0.2, 0.25) is 0 Å². The maximum absolute atomic E-state index is 12.8. The van der Waals surface area contributed by atoms with E-state index in [1.165, 1.54) is 30.4 Å². The Bertz CT molecular complexity index is 839. The molecule has 1 aromatic rings. The summed E-state index contributed by atoms with van der Waals surface area (Å²) in [5.74, 6) is 1.13. The van der Waals surface area contributed by atoms with Crippen LogP contribution in [0.25, 0.3) is 0 Å². The molecule has 162 valence electrons. The number of carbonyl (C=O) groups is 2. The van der Waals surface area contributed by atoms with Crippen molar-refractivity contribution in [3.05, 3.63) is 35.8 Å². The molecule has 30 heavy (non-hydrogen) atoms. The molecule has 2 aliphatic heterocycles. The van der Waals surface area contributed by atoms with Gasteiger partial charge in [-0.05, 0) is 42.7 Å². The van der Waals surface area contributed by atoms with Crippen molar-refractivity contribution < 1.29 is 23.6 Å². The SMILES string of the molecule is C[C@H]1CCC[C@]2(C)C[C@H]3OC(=O)[C@@H](C[NH+]4CCN(C(=O)c5ccco5)CC4)[C@H]3C=C12. The number of rotatable bonds is 3. The molecule has 2 aliphatic carbocycles. The number of carbonyl (C=O) groups excluding carboxylic acids is 2. The third-order valence-corrected chi connectivity index (χ3v) is 8.08. The molecule has 0 aromatic carbocycles. The first-order valence-corrected chi connectivity index (χ1v) is 11.5. The predicted molar refractivity (Wildman–Crippen MR) is 111 cm³/mol. The lowest BCUT2D eigenvalue weighted by Crippen LogP contribution is -3.15. The maximum Gasteiger partial charge on any atom is 0.315 e. The highest BCUT2D eigenvalue weighted by Gasteiger charge is 2.52. The zero-order chi connectivity index (χ0) is 20.9. The number of quaternary nitrogens is 1. The Kier molecular flexibility index (Phi) is 5.00. The van der Waals surface area contributed by atoms with Gasteiger partial charge in [0, 0.05) is 5.92 Å². The van der Waals surface area contributed by atoms with E-state index in [-0.39, 0.29) is 35.2 Å². The van der Waals surface area contributed by atoms with E-state index in [1.807, 2.05) is 4.90 Å². The van der Waals surface area contributed by atoms with Crippen molar-refractivity contribution in [3.63, 3.8) is 0 Å². The van der Waals surface area contributed by atoms with E-state index in [0.717, 1.165) is 26.1 Å². The van der Waals surface area contributed by atoms with E-state index < -0.39 is 0 Å². The summed E-state index contributed by atoms with van der Waals surface area (Å²) in [6.07, 6.45) is 8.74. The number of amides is 1. The van der Waals surface area contributed by atoms with Crippen molar-refractivity contribution >= 4 is 11.9 Å². The van der Waals surface area contributed by atoms with Gasteiger partial charge < -0.3 is 19.0 Å². The highest BCUT2D eigenvalue weighted by atomic mass is 16.6. The van der Waals surface area contributed by atoms with E-state index >= 15 is 0 Å². The smallest absolute Gasteiger partial charge is 0.315 e. The normalized spacial score (nSPS) is 36.7. The van der Waals surface area contributed by atoms with Gasteiger partial charge in [0.15, 0.2) is 5.76 Å². The highest BCUT2D eigenvalue weighted by Crippen LogP contribution is 2.53. The third-order valence-electron chi connectivity index (χ3n) is 8.08. The van der Waals surface area contributed by atoms with E-state index in [0.29, 0.717) is 24.8 Å². The number of ether oxygens (including phenoxy) is 1. The topological polar surface area (TPSA) is 64.2 Å². The quantitative estimate of drug-likeness (QED) is 0.608. The van der Waals surface area contributed by atoms with Crippen LogP contribution in [-0.4, -0.2) is 55.6 Å². The van der Waals surface area contributed by atoms with Gasteiger partial charge in [0.2, 0.25) is 0 Å². The van der Waals surface area contributed by atoms with Gasteiger partial charge in [-0.15, -0.1) is 0 Å². The monoisotopic (exact) mass is 413 g/mol. The van der Waals surface area contributed by atoms with Crippen LogP contribution in [0.15, 0.2) is 34.5 Å². The number of hydrogen-bond acceptors (Lipinski definition) is 4. The molecule has 0 spiro atoms. The Balaban J connectivity index is 1.25. The molecule has 0 radical (unpaired) electrons. The molecule has 6 heteroatoms. The van der Waals surface area contributed by atoms with Crippen LogP contribution >= 0.6 is 0 Å². The lowest BCUT2D eigenvalue weighted by atomic mass is 9.59. The zero-order valence-electron chi connectivity index (χ0n) is 18.1. The number of allylic oxidation sites excluding steroid dienone is 1. The van der Waals surface area contributed by atoms with Crippen molar-refractivity contribution in [2.45, 2.75) is 45.6 Å². The second-order valence-corrected chi connectivity index (χ2v) is 10.1. The average molecular weight is 414 g/mol. The molecule has 5 rings (SSSR count). The number of nitrogens with zero attached hydrogens (tertiary/aromatic N) is 1. The number of hydrogen-bond donors (Lipinski definition) is 1. The summed E-state index contributed by atoms with van der Waals surface area (Å²) in [4.78, 5) is 28.5. The first-order chi connectivity index (χ1) is 14.4. The molecule has 3 heterocycles. The van der Waals surface area contributed by atoms with Crippen LogP contribution < -0.4 is 4.90 Å². The summed E-state index contributed by atoms with van der Waals surface area (Å²) >= 11 is 0. The van der Waals surface area contributed by atoms with E-state index in [1.54, 1.807) is 17.7 Å². The first kappa shape index (κ1) is 19.9. The average Bonchev–Trinajstić information content (AvgIpc) is 3.35. The molecule has 5 atom stereocenters. The van der Waals surface area contributed by atoms with Gasteiger partial charge in [-0.2, -0.15) is 0 Å². The molecule has 2 saturated heterocycles. The van der Waals surface area contributed by atoms with Gasteiger partial charge >= 0.3 is 5.97 Å². The Morgan fingerprint density at radius 2 is 2.13 bits per heavy atom. The van der Waals surface area contributed by atoms with Crippen LogP contribution in [0.3, 0.4) is 0 Å². The predicted octanol–water partition coefficient (Wildman–Crippen LogP) is 1.93. The van der Waals surface area contributed by atoms with E-state index in [4.69, 9.17) is 9.15 Å². The van der Waals surface area contributed by atoms with Gasteiger partial charge in [0.25, 0.3) is 5.91 Å². The Morgan fingerprint density at radius 3 is 2.87 bits per heavy atom. The molecule has 1 amide bonds. The minimum atomic E-state index is -0.0523. The van der Waals surface area contributed by atoms with Crippen LogP contribution in [-0.2, 0) is 9.53 Å². The second kappa shape index (κ2) is 7.56. The highest BCUT2D eigenvalue weighted by molar-refractivity contribution is 5.91. The number of nitrogens with one attached hydrogen (secondary N) is 1. The van der Waals surface area contributed by atoms with Gasteiger partial charge in [-0.3, -0.25) is 9.59 Å². The third kappa shape index (κ3) is 3.39. The van der Waals surface area contributed by atoms with Crippen molar-refractivity contribution in [2.75, 3.05) is 32.7 Å². The lowest BCUT2D eigenvalue weighted by molar-refractivity contribution is -0.906. The van der Waals surface area contributed by atoms with Crippen molar-refractivity contribution in [3.8, 4) is 0 Å². The molecule has 1 saturated carbocycles. The molecule has 0 bridgehead atoms. The molecule has 3 fully saturated rings. The molecule has 1 N–H and O–H groups in total. The van der Waals surface area contributed by atoms with Crippen LogP contribution in [0.4, 0.5) is 0 Å². The fraction of sp³-hybridized carbons (Fsp3) is 0.667. The summed E-state index contributed by atoms with van der Waals surface area (Å²) in [6, 6.07) is 3.46. The van der Waals surface area contributed by atoms with Gasteiger partial charge in [0.05, 0.1) is 39.0 Å². The Hall–Kier alpha value is -2.08. The van der Waals surface area contributed by atoms with Crippen molar-refractivity contribution in [1.29, 1.82) is 0 Å². The maximum atomic E-state index is 12.8. The number of esters is 1. The van der Waals surface area contributed by atoms with Gasteiger partial charge in [-0.25, -0.2) is 0 Å². The summed E-state index contributed by atoms with van der Waals surface area (Å²) in [5, 5.41) is 0. The molecular formula is C24H33N2O4+. The van der Waals surface area contributed by atoms with E-state index in [9.17, 15) is 9.59 Å². The largest absolute Gasteiger partial charge is 0.461 e. The Labute approximate surface area is 178 Å². The lowest BCUT2D eigenvalue weighted by Gasteiger charge is -2.46.